The second-order valence-electron chi connectivity index (χ2n) is 5.32. The topological polar surface area (TPSA) is 85.1 Å². The van der Waals surface area contributed by atoms with Crippen LogP contribution in [0.3, 0.4) is 0 Å². The maximum absolute atomic E-state index is 12.0. The van der Waals surface area contributed by atoms with Crippen LogP contribution in [0.4, 0.5) is 0 Å². The number of thiazole rings is 1. The number of ketones is 1. The van der Waals surface area contributed by atoms with Gasteiger partial charge in [0.1, 0.15) is 0 Å². The summed E-state index contributed by atoms with van der Waals surface area (Å²) >= 11 is 1.40. The van der Waals surface area contributed by atoms with E-state index in [1.165, 1.54) is 11.3 Å². The van der Waals surface area contributed by atoms with Crippen molar-refractivity contribution in [1.82, 2.24) is 10.3 Å². The van der Waals surface area contributed by atoms with E-state index in [1.54, 1.807) is 11.7 Å². The van der Waals surface area contributed by atoms with Crippen molar-refractivity contribution in [3.05, 3.63) is 16.6 Å². The molecule has 0 radical (unpaired) electrons. The van der Waals surface area contributed by atoms with E-state index < -0.39 is 0 Å². The molecule has 0 atom stereocenters. The van der Waals surface area contributed by atoms with Gasteiger partial charge in [0, 0.05) is 31.6 Å². The summed E-state index contributed by atoms with van der Waals surface area (Å²) in [5.41, 5.74) is 7.05. The van der Waals surface area contributed by atoms with E-state index in [4.69, 9.17) is 5.73 Å². The van der Waals surface area contributed by atoms with Crippen LogP contribution in [0.5, 0.6) is 0 Å². The molecule has 1 fully saturated rings. The zero-order valence-electron chi connectivity index (χ0n) is 11.5. The van der Waals surface area contributed by atoms with E-state index in [0.29, 0.717) is 25.3 Å². The summed E-state index contributed by atoms with van der Waals surface area (Å²) in [6, 6.07) is 0.254. The van der Waals surface area contributed by atoms with Crippen molar-refractivity contribution < 1.29 is 9.59 Å². The summed E-state index contributed by atoms with van der Waals surface area (Å²) in [5.74, 6) is 0.673. The molecule has 2 rings (SSSR count). The molecule has 1 aliphatic rings. The highest BCUT2D eigenvalue weighted by Crippen LogP contribution is 2.28. The second-order valence-corrected chi connectivity index (χ2v) is 6.20. The zero-order chi connectivity index (χ0) is 14.4. The molecule has 0 spiro atoms. The van der Waals surface area contributed by atoms with Crippen LogP contribution in [-0.4, -0.2) is 29.3 Å². The van der Waals surface area contributed by atoms with E-state index >= 15 is 0 Å². The van der Waals surface area contributed by atoms with E-state index in [0.717, 1.165) is 30.6 Å². The molecule has 1 amide bonds. The van der Waals surface area contributed by atoms with Crippen LogP contribution in [0.15, 0.2) is 11.7 Å². The van der Waals surface area contributed by atoms with Gasteiger partial charge in [-0.3, -0.25) is 14.6 Å². The molecular weight excluding hydrogens is 274 g/mol. The van der Waals surface area contributed by atoms with Crippen LogP contribution in [0.1, 0.15) is 48.2 Å². The number of amides is 1. The number of hydrogen-bond acceptors (Lipinski definition) is 5. The summed E-state index contributed by atoms with van der Waals surface area (Å²) in [5, 5.41) is 3.01. The zero-order valence-corrected chi connectivity index (χ0v) is 12.3. The highest BCUT2D eigenvalue weighted by atomic mass is 32.1. The van der Waals surface area contributed by atoms with E-state index in [2.05, 4.69) is 10.3 Å². The van der Waals surface area contributed by atoms with E-state index in [-0.39, 0.29) is 17.7 Å². The van der Waals surface area contributed by atoms with Gasteiger partial charge in [0.2, 0.25) is 5.91 Å². The average molecular weight is 295 g/mol. The Morgan fingerprint density at radius 3 is 2.70 bits per heavy atom. The van der Waals surface area contributed by atoms with Crippen molar-refractivity contribution in [3.63, 3.8) is 0 Å². The maximum atomic E-state index is 12.0. The molecule has 0 aromatic carbocycles. The number of rotatable bonds is 6. The van der Waals surface area contributed by atoms with Gasteiger partial charge in [0.15, 0.2) is 5.78 Å². The number of nitrogens with zero attached hydrogens (tertiary/aromatic N) is 1. The molecule has 1 aromatic heterocycles. The van der Waals surface area contributed by atoms with Crippen molar-refractivity contribution in [2.24, 2.45) is 11.7 Å². The van der Waals surface area contributed by atoms with Gasteiger partial charge in [-0.2, -0.15) is 0 Å². The van der Waals surface area contributed by atoms with Crippen LogP contribution in [0.2, 0.25) is 0 Å². The third-order valence-corrected chi connectivity index (χ3v) is 4.58. The quantitative estimate of drug-likeness (QED) is 0.783. The molecule has 1 aromatic rings. The van der Waals surface area contributed by atoms with E-state index in [1.807, 2.05) is 0 Å². The molecule has 1 aliphatic carbocycles. The molecule has 0 saturated heterocycles. The van der Waals surface area contributed by atoms with Crippen LogP contribution in [0, 0.1) is 5.92 Å². The lowest BCUT2D eigenvalue weighted by Crippen LogP contribution is -2.38. The number of carbonyl (C=O) groups excluding carboxylic acids is 2. The molecular formula is C14H21N3O2S. The van der Waals surface area contributed by atoms with E-state index in [9.17, 15) is 9.59 Å². The van der Waals surface area contributed by atoms with Crippen molar-refractivity contribution in [2.45, 2.75) is 44.6 Å². The van der Waals surface area contributed by atoms with Gasteiger partial charge in [0.05, 0.1) is 10.4 Å². The van der Waals surface area contributed by atoms with Crippen molar-refractivity contribution >= 4 is 23.0 Å². The van der Waals surface area contributed by atoms with Crippen LogP contribution >= 0.6 is 11.3 Å². The number of Topliss-reactive ketones (excluding diaryl/α,β-unsaturated/α-hetero) is 1. The Balaban J connectivity index is 1.71. The highest BCUT2D eigenvalue weighted by molar-refractivity contribution is 7.11. The van der Waals surface area contributed by atoms with Gasteiger partial charge in [-0.25, -0.2) is 0 Å². The Kier molecular flexibility index (Phi) is 5.67. The molecule has 1 heterocycles. The Bertz CT molecular complexity index is 439. The lowest BCUT2D eigenvalue weighted by Gasteiger charge is -2.28. The van der Waals surface area contributed by atoms with Gasteiger partial charge in [-0.15, -0.1) is 11.3 Å². The van der Waals surface area contributed by atoms with Crippen LogP contribution < -0.4 is 11.1 Å². The molecule has 0 unspecified atom stereocenters. The summed E-state index contributed by atoms with van der Waals surface area (Å²) in [6.45, 7) is 0.393. The fraction of sp³-hybridized carbons (Fsp3) is 0.643. The first kappa shape index (κ1) is 15.1. The van der Waals surface area contributed by atoms with Gasteiger partial charge >= 0.3 is 0 Å². The summed E-state index contributed by atoms with van der Waals surface area (Å²) < 4.78 is 0. The lowest BCUT2D eigenvalue weighted by molar-refractivity contribution is -0.121. The van der Waals surface area contributed by atoms with Crippen LogP contribution in [-0.2, 0) is 4.79 Å². The molecule has 3 N–H and O–H groups in total. The Labute approximate surface area is 123 Å². The smallest absolute Gasteiger partial charge is 0.221 e. The Hall–Kier alpha value is -1.27. The second kappa shape index (κ2) is 7.50. The maximum Gasteiger partial charge on any atom is 0.221 e. The first-order valence-electron chi connectivity index (χ1n) is 7.10. The molecule has 6 heteroatoms. The first-order chi connectivity index (χ1) is 9.69. The minimum Gasteiger partial charge on any atom is -0.353 e. The van der Waals surface area contributed by atoms with Crippen molar-refractivity contribution in [1.29, 1.82) is 0 Å². The molecule has 0 bridgehead atoms. The van der Waals surface area contributed by atoms with Gasteiger partial charge in [-0.05, 0) is 31.6 Å². The minimum absolute atomic E-state index is 0.0386. The standard InChI is InChI=1S/C14H21N3O2S/c15-6-5-14(19)17-11-3-1-10(2-4-11)7-12(18)13-8-16-9-20-13/h8-11H,1-7,15H2,(H,17,19). The highest BCUT2D eigenvalue weighted by Gasteiger charge is 2.24. The van der Waals surface area contributed by atoms with Gasteiger partial charge in [0.25, 0.3) is 0 Å². The number of aromatic nitrogens is 1. The minimum atomic E-state index is 0.0386. The lowest BCUT2D eigenvalue weighted by atomic mass is 9.83. The molecule has 0 aliphatic heterocycles. The third kappa shape index (κ3) is 4.38. The third-order valence-electron chi connectivity index (χ3n) is 3.76. The van der Waals surface area contributed by atoms with Crippen molar-refractivity contribution in [3.8, 4) is 0 Å². The Morgan fingerprint density at radius 2 is 2.10 bits per heavy atom. The number of hydrogen-bond donors (Lipinski definition) is 2. The summed E-state index contributed by atoms with van der Waals surface area (Å²) in [7, 11) is 0. The van der Waals surface area contributed by atoms with Crippen LogP contribution in [0.25, 0.3) is 0 Å². The average Bonchev–Trinajstić information content (AvgIpc) is 2.95. The number of carbonyl (C=O) groups is 2. The summed E-state index contributed by atoms with van der Waals surface area (Å²) in [6.07, 6.45) is 6.55. The largest absolute Gasteiger partial charge is 0.353 e. The fourth-order valence-electron chi connectivity index (χ4n) is 2.66. The molecule has 110 valence electrons. The fourth-order valence-corrected chi connectivity index (χ4v) is 3.23. The van der Waals surface area contributed by atoms with Gasteiger partial charge in [-0.1, -0.05) is 0 Å². The van der Waals surface area contributed by atoms with Gasteiger partial charge < -0.3 is 11.1 Å². The normalized spacial score (nSPS) is 22.4. The predicted octanol–water partition coefficient (Wildman–Crippen LogP) is 1.74. The molecule has 1 saturated carbocycles. The SMILES string of the molecule is NCCC(=O)NC1CCC(CC(=O)c2cncs2)CC1. The molecule has 20 heavy (non-hydrogen) atoms. The number of nitrogens with one attached hydrogen (secondary N) is 1. The number of nitrogens with two attached hydrogens (primary N) is 1. The Morgan fingerprint density at radius 1 is 1.35 bits per heavy atom. The first-order valence-corrected chi connectivity index (χ1v) is 7.98. The monoisotopic (exact) mass is 295 g/mol. The van der Waals surface area contributed by atoms with Crippen molar-refractivity contribution in [2.75, 3.05) is 6.54 Å². The predicted molar refractivity (Wildman–Crippen MR) is 78.6 cm³/mol. The molecule has 5 nitrogen and oxygen atoms in total. The summed E-state index contributed by atoms with van der Waals surface area (Å²) in [4.78, 5) is 28.2.